The lowest BCUT2D eigenvalue weighted by Crippen LogP contribution is -2.35. The molecule has 0 aliphatic rings. The van der Waals surface area contributed by atoms with Crippen LogP contribution in [0, 0.1) is 10.1 Å². The van der Waals surface area contributed by atoms with Crippen molar-refractivity contribution < 1.29 is 24.3 Å². The van der Waals surface area contributed by atoms with Gasteiger partial charge in [-0.25, -0.2) is 0 Å². The third kappa shape index (κ3) is 5.47. The lowest BCUT2D eigenvalue weighted by atomic mass is 10.2. The number of nitrogens with one attached hydrogen (secondary N) is 1. The zero-order valence-electron chi connectivity index (χ0n) is 13.5. The summed E-state index contributed by atoms with van der Waals surface area (Å²) in [6.45, 7) is -0.00115. The van der Waals surface area contributed by atoms with E-state index in [1.54, 1.807) is 31.4 Å². The number of carbonyl (C=O) groups excluding carboxylic acids is 1. The van der Waals surface area contributed by atoms with Gasteiger partial charge in [-0.15, -0.1) is 0 Å². The molecule has 0 bridgehead atoms. The molecule has 1 atom stereocenters. The number of aliphatic hydroxyl groups is 1. The summed E-state index contributed by atoms with van der Waals surface area (Å²) in [5.74, 6) is 0.836. The van der Waals surface area contributed by atoms with Crippen LogP contribution in [0.5, 0.6) is 11.5 Å². The van der Waals surface area contributed by atoms with Crippen molar-refractivity contribution in [3.05, 3.63) is 64.2 Å². The van der Waals surface area contributed by atoms with Gasteiger partial charge in [-0.2, -0.15) is 0 Å². The summed E-state index contributed by atoms with van der Waals surface area (Å²) >= 11 is 0. The van der Waals surface area contributed by atoms with E-state index in [2.05, 4.69) is 5.32 Å². The van der Waals surface area contributed by atoms with Crippen molar-refractivity contribution in [2.45, 2.75) is 6.10 Å². The molecular weight excluding hydrogens is 328 g/mol. The predicted octanol–water partition coefficient (Wildman–Crippen LogP) is 1.77. The van der Waals surface area contributed by atoms with Crippen molar-refractivity contribution in [2.24, 2.45) is 0 Å². The maximum Gasteiger partial charge on any atom is 0.269 e. The number of rotatable bonds is 8. The van der Waals surface area contributed by atoms with Gasteiger partial charge in [0.2, 0.25) is 0 Å². The second-order valence-electron chi connectivity index (χ2n) is 5.15. The summed E-state index contributed by atoms with van der Waals surface area (Å²) in [6, 6.07) is 12.1. The van der Waals surface area contributed by atoms with Crippen LogP contribution in [-0.2, 0) is 0 Å². The van der Waals surface area contributed by atoms with Crippen LogP contribution >= 0.6 is 0 Å². The van der Waals surface area contributed by atoms with Crippen LogP contribution in [0.1, 0.15) is 10.4 Å². The molecule has 2 aromatic rings. The van der Waals surface area contributed by atoms with E-state index in [4.69, 9.17) is 9.47 Å². The number of hydrogen-bond acceptors (Lipinski definition) is 6. The first-order valence-corrected chi connectivity index (χ1v) is 7.47. The largest absolute Gasteiger partial charge is 0.497 e. The van der Waals surface area contributed by atoms with Gasteiger partial charge in [0.25, 0.3) is 11.6 Å². The van der Waals surface area contributed by atoms with Crippen LogP contribution in [0.3, 0.4) is 0 Å². The van der Waals surface area contributed by atoms with Gasteiger partial charge in [0.15, 0.2) is 0 Å². The van der Waals surface area contributed by atoms with Gasteiger partial charge in [0.1, 0.15) is 24.2 Å². The molecule has 0 spiro atoms. The third-order valence-electron chi connectivity index (χ3n) is 3.34. The van der Waals surface area contributed by atoms with Crippen molar-refractivity contribution in [3.63, 3.8) is 0 Å². The molecule has 8 heteroatoms. The van der Waals surface area contributed by atoms with Gasteiger partial charge in [-0.3, -0.25) is 14.9 Å². The first-order chi connectivity index (χ1) is 12.0. The van der Waals surface area contributed by atoms with Gasteiger partial charge in [-0.05, 0) is 36.4 Å². The number of nitro benzene ring substituents is 1. The molecule has 0 aliphatic heterocycles. The third-order valence-corrected chi connectivity index (χ3v) is 3.34. The highest BCUT2D eigenvalue weighted by Gasteiger charge is 2.12. The second-order valence-corrected chi connectivity index (χ2v) is 5.15. The Hall–Kier alpha value is -3.13. The molecule has 0 heterocycles. The smallest absolute Gasteiger partial charge is 0.269 e. The van der Waals surface area contributed by atoms with E-state index < -0.39 is 16.9 Å². The SMILES string of the molecule is COc1ccc(OC[C@H](O)CNC(=O)c2ccc([N+](=O)[O-])cc2)cc1. The number of aliphatic hydroxyl groups excluding tert-OH is 1. The number of benzene rings is 2. The number of carbonyl (C=O) groups is 1. The van der Waals surface area contributed by atoms with E-state index in [0.29, 0.717) is 11.5 Å². The average molecular weight is 346 g/mol. The van der Waals surface area contributed by atoms with Gasteiger partial charge < -0.3 is 19.9 Å². The van der Waals surface area contributed by atoms with Crippen molar-refractivity contribution in [1.82, 2.24) is 5.32 Å². The molecule has 0 aromatic heterocycles. The fraction of sp³-hybridized carbons (Fsp3) is 0.235. The minimum absolute atomic E-state index is 0.00682. The van der Waals surface area contributed by atoms with Crippen LogP contribution in [-0.4, -0.2) is 42.3 Å². The number of non-ortho nitro benzene ring substituents is 1. The Kier molecular flexibility index (Phi) is 6.30. The molecule has 25 heavy (non-hydrogen) atoms. The van der Waals surface area contributed by atoms with Gasteiger partial charge in [0, 0.05) is 24.2 Å². The molecule has 2 rings (SSSR count). The lowest BCUT2D eigenvalue weighted by molar-refractivity contribution is -0.384. The van der Waals surface area contributed by atoms with Gasteiger partial charge in [0.05, 0.1) is 12.0 Å². The van der Waals surface area contributed by atoms with Gasteiger partial charge in [-0.1, -0.05) is 0 Å². The Morgan fingerprint density at radius 2 is 1.76 bits per heavy atom. The Labute approximate surface area is 144 Å². The Morgan fingerprint density at radius 3 is 2.32 bits per heavy atom. The topological polar surface area (TPSA) is 111 Å². The summed E-state index contributed by atoms with van der Waals surface area (Å²) in [5.41, 5.74) is 0.179. The summed E-state index contributed by atoms with van der Waals surface area (Å²) < 4.78 is 10.4. The fourth-order valence-corrected chi connectivity index (χ4v) is 1.97. The normalized spacial score (nSPS) is 11.4. The first-order valence-electron chi connectivity index (χ1n) is 7.47. The second kappa shape index (κ2) is 8.65. The Bertz CT molecular complexity index is 715. The van der Waals surface area contributed by atoms with E-state index in [0.717, 1.165) is 0 Å². The van der Waals surface area contributed by atoms with Crippen LogP contribution in [0.2, 0.25) is 0 Å². The average Bonchev–Trinajstić information content (AvgIpc) is 2.64. The highest BCUT2D eigenvalue weighted by molar-refractivity contribution is 5.94. The lowest BCUT2D eigenvalue weighted by Gasteiger charge is -2.13. The maximum atomic E-state index is 11.9. The zero-order chi connectivity index (χ0) is 18.2. The van der Waals surface area contributed by atoms with Crippen molar-refractivity contribution in [2.75, 3.05) is 20.3 Å². The number of nitrogens with zero attached hydrogens (tertiary/aromatic N) is 1. The van der Waals surface area contributed by atoms with Crippen LogP contribution in [0.4, 0.5) is 5.69 Å². The summed E-state index contributed by atoms with van der Waals surface area (Å²) in [7, 11) is 1.56. The van der Waals surface area contributed by atoms with Crippen molar-refractivity contribution >= 4 is 11.6 Å². The van der Waals surface area contributed by atoms with Crippen LogP contribution in [0.25, 0.3) is 0 Å². The van der Waals surface area contributed by atoms with Crippen molar-refractivity contribution in [1.29, 1.82) is 0 Å². The first kappa shape index (κ1) is 18.2. The molecule has 2 N–H and O–H groups in total. The van der Waals surface area contributed by atoms with Crippen molar-refractivity contribution in [3.8, 4) is 11.5 Å². The van der Waals surface area contributed by atoms with E-state index in [9.17, 15) is 20.0 Å². The Balaban J connectivity index is 1.77. The number of ether oxygens (including phenoxy) is 2. The monoisotopic (exact) mass is 346 g/mol. The minimum Gasteiger partial charge on any atom is -0.497 e. The maximum absolute atomic E-state index is 11.9. The quantitative estimate of drug-likeness (QED) is 0.557. The molecule has 0 saturated carbocycles. The van der Waals surface area contributed by atoms with E-state index in [-0.39, 0.29) is 24.4 Å². The highest BCUT2D eigenvalue weighted by atomic mass is 16.6. The molecule has 0 saturated heterocycles. The number of nitro groups is 1. The molecule has 2 aromatic carbocycles. The molecule has 1 amide bonds. The summed E-state index contributed by atoms with van der Waals surface area (Å²) in [6.07, 6.45) is -0.899. The minimum atomic E-state index is -0.899. The fourth-order valence-electron chi connectivity index (χ4n) is 1.97. The van der Waals surface area contributed by atoms with Gasteiger partial charge >= 0.3 is 0 Å². The summed E-state index contributed by atoms with van der Waals surface area (Å²) in [4.78, 5) is 22.0. The molecule has 0 fully saturated rings. The summed E-state index contributed by atoms with van der Waals surface area (Å²) in [5, 5.41) is 23.0. The molecular formula is C17H18N2O6. The standard InChI is InChI=1S/C17H18N2O6/c1-24-15-6-8-16(9-7-15)25-11-14(20)10-18-17(21)12-2-4-13(5-3-12)19(22)23/h2-9,14,20H,10-11H2,1H3,(H,18,21)/t14-/m1/s1. The Morgan fingerprint density at radius 1 is 1.16 bits per heavy atom. The number of methoxy groups -OCH3 is 1. The molecule has 0 aliphatic carbocycles. The highest BCUT2D eigenvalue weighted by Crippen LogP contribution is 2.17. The number of hydrogen-bond donors (Lipinski definition) is 2. The molecule has 0 radical (unpaired) electrons. The molecule has 132 valence electrons. The zero-order valence-corrected chi connectivity index (χ0v) is 13.5. The van der Waals surface area contributed by atoms with E-state index in [1.807, 2.05) is 0 Å². The molecule has 0 unspecified atom stereocenters. The van der Waals surface area contributed by atoms with Crippen LogP contribution < -0.4 is 14.8 Å². The van der Waals surface area contributed by atoms with E-state index >= 15 is 0 Å². The van der Waals surface area contributed by atoms with Crippen LogP contribution in [0.15, 0.2) is 48.5 Å². The van der Waals surface area contributed by atoms with E-state index in [1.165, 1.54) is 24.3 Å². The number of amides is 1. The molecule has 8 nitrogen and oxygen atoms in total. The predicted molar refractivity (Wildman–Crippen MR) is 89.9 cm³/mol.